The Morgan fingerprint density at radius 1 is 1.47 bits per heavy atom. The number of pyridine rings is 1. The highest BCUT2D eigenvalue weighted by molar-refractivity contribution is 7.80. The predicted molar refractivity (Wildman–Crippen MR) is 81.1 cm³/mol. The third kappa shape index (κ3) is 4.82. The number of amides is 1. The van der Waals surface area contributed by atoms with E-state index >= 15 is 0 Å². The summed E-state index contributed by atoms with van der Waals surface area (Å²) in [5.41, 5.74) is 6.76. The highest BCUT2D eigenvalue weighted by atomic mass is 32.1. The van der Waals surface area contributed by atoms with Crippen LogP contribution in [0.1, 0.15) is 26.5 Å². The lowest BCUT2D eigenvalue weighted by Crippen LogP contribution is -2.39. The Kier molecular flexibility index (Phi) is 5.69. The van der Waals surface area contributed by atoms with Crippen molar-refractivity contribution in [3.05, 3.63) is 24.0 Å². The van der Waals surface area contributed by atoms with Crippen LogP contribution in [0.5, 0.6) is 0 Å². The number of carbonyl (C=O) groups is 1. The average Bonchev–Trinajstić information content (AvgIpc) is 2.36. The molecule has 1 aromatic rings. The number of hydrogen-bond donors (Lipinski definition) is 3. The molecule has 1 amide bonds. The van der Waals surface area contributed by atoms with E-state index in [2.05, 4.69) is 15.6 Å². The molecule has 1 atom stereocenters. The van der Waals surface area contributed by atoms with Gasteiger partial charge in [-0.05, 0) is 25.0 Å². The summed E-state index contributed by atoms with van der Waals surface area (Å²) in [4.78, 5) is 16.2. The molecule has 0 fully saturated rings. The average molecular weight is 280 g/mol. The van der Waals surface area contributed by atoms with Gasteiger partial charge in [0.05, 0.1) is 5.69 Å². The zero-order valence-corrected chi connectivity index (χ0v) is 12.3. The number of thiocarbonyl (C=S) groups is 1. The van der Waals surface area contributed by atoms with Crippen molar-refractivity contribution in [3.8, 4) is 0 Å². The van der Waals surface area contributed by atoms with Crippen LogP contribution in [0, 0.1) is 5.92 Å². The summed E-state index contributed by atoms with van der Waals surface area (Å²) in [5, 5.41) is 5.94. The van der Waals surface area contributed by atoms with Crippen molar-refractivity contribution >= 4 is 28.8 Å². The molecule has 1 rings (SSSR count). The van der Waals surface area contributed by atoms with E-state index in [1.165, 1.54) is 0 Å². The maximum atomic E-state index is 11.9. The van der Waals surface area contributed by atoms with Crippen LogP contribution >= 0.6 is 12.2 Å². The molecule has 0 aliphatic carbocycles. The maximum Gasteiger partial charge on any atom is 0.242 e. The van der Waals surface area contributed by atoms with Gasteiger partial charge in [0.25, 0.3) is 0 Å². The Morgan fingerprint density at radius 2 is 2.16 bits per heavy atom. The van der Waals surface area contributed by atoms with Crippen molar-refractivity contribution in [1.82, 2.24) is 10.3 Å². The van der Waals surface area contributed by atoms with Gasteiger partial charge in [-0.1, -0.05) is 26.1 Å². The minimum absolute atomic E-state index is 0.0635. The molecule has 4 N–H and O–H groups in total. The van der Waals surface area contributed by atoms with E-state index in [1.807, 2.05) is 13.8 Å². The van der Waals surface area contributed by atoms with Gasteiger partial charge in [0.1, 0.15) is 16.7 Å². The van der Waals surface area contributed by atoms with Gasteiger partial charge in [-0.25, -0.2) is 0 Å². The van der Waals surface area contributed by atoms with E-state index in [9.17, 15) is 4.79 Å². The third-order valence-electron chi connectivity index (χ3n) is 2.49. The van der Waals surface area contributed by atoms with E-state index in [4.69, 9.17) is 18.0 Å². The van der Waals surface area contributed by atoms with Crippen LogP contribution in [0.3, 0.4) is 0 Å². The summed E-state index contributed by atoms with van der Waals surface area (Å²) in [5.74, 6) is 0.355. The lowest BCUT2D eigenvalue weighted by molar-refractivity contribution is -0.121. The molecule has 1 heterocycles. The molecule has 5 nitrogen and oxygen atoms in total. The molecule has 0 saturated heterocycles. The lowest BCUT2D eigenvalue weighted by atomic mass is 10.2. The molecule has 0 spiro atoms. The van der Waals surface area contributed by atoms with Crippen LogP contribution < -0.4 is 16.4 Å². The molecule has 1 unspecified atom stereocenters. The summed E-state index contributed by atoms with van der Waals surface area (Å²) in [6, 6.07) is 3.19. The number of rotatable bonds is 6. The standard InChI is InChI=1S/C13H20N4OS/c1-8(2)7-16-13(18)9(3)17-10-5-4-6-15-11(10)12(14)19/h4-6,8-9,17H,7H2,1-3H3,(H2,14,19)(H,16,18). The van der Waals surface area contributed by atoms with Gasteiger partial charge in [-0.2, -0.15) is 0 Å². The zero-order chi connectivity index (χ0) is 14.4. The molecule has 6 heteroatoms. The molecule has 0 bridgehead atoms. The minimum atomic E-state index is -0.379. The number of nitrogens with zero attached hydrogens (tertiary/aromatic N) is 1. The van der Waals surface area contributed by atoms with Crippen LogP contribution in [0.15, 0.2) is 18.3 Å². The second-order valence-electron chi connectivity index (χ2n) is 4.77. The van der Waals surface area contributed by atoms with Gasteiger partial charge >= 0.3 is 0 Å². The summed E-state index contributed by atoms with van der Waals surface area (Å²) in [6.45, 7) is 6.53. The van der Waals surface area contributed by atoms with Gasteiger partial charge in [0.15, 0.2) is 0 Å². The Hall–Kier alpha value is -1.69. The Labute approximate surface area is 119 Å². The van der Waals surface area contributed by atoms with Gasteiger partial charge in [-0.3, -0.25) is 9.78 Å². The summed E-state index contributed by atoms with van der Waals surface area (Å²) in [7, 11) is 0. The van der Waals surface area contributed by atoms with Crippen molar-refractivity contribution in [2.45, 2.75) is 26.8 Å². The van der Waals surface area contributed by atoms with E-state index in [0.29, 0.717) is 23.8 Å². The zero-order valence-electron chi connectivity index (χ0n) is 11.4. The number of nitrogens with two attached hydrogens (primary N) is 1. The highest BCUT2D eigenvalue weighted by Gasteiger charge is 2.15. The van der Waals surface area contributed by atoms with E-state index in [1.54, 1.807) is 25.3 Å². The molecule has 0 aliphatic rings. The molecule has 0 saturated carbocycles. The lowest BCUT2D eigenvalue weighted by Gasteiger charge is -2.17. The summed E-state index contributed by atoms with van der Waals surface area (Å²) < 4.78 is 0. The first-order valence-corrected chi connectivity index (χ1v) is 6.61. The normalized spacial score (nSPS) is 12.0. The molecule has 0 radical (unpaired) electrons. The van der Waals surface area contributed by atoms with E-state index in [0.717, 1.165) is 0 Å². The summed E-state index contributed by atoms with van der Waals surface area (Å²) >= 11 is 4.93. The van der Waals surface area contributed by atoms with E-state index < -0.39 is 0 Å². The van der Waals surface area contributed by atoms with Crippen LogP contribution in [-0.4, -0.2) is 28.5 Å². The second kappa shape index (κ2) is 7.04. The first-order chi connectivity index (χ1) is 8.91. The number of carbonyl (C=O) groups excluding carboxylic acids is 1. The van der Waals surface area contributed by atoms with Crippen molar-refractivity contribution in [3.63, 3.8) is 0 Å². The van der Waals surface area contributed by atoms with E-state index in [-0.39, 0.29) is 16.9 Å². The molecular weight excluding hydrogens is 260 g/mol. The van der Waals surface area contributed by atoms with Gasteiger partial charge < -0.3 is 16.4 Å². The Morgan fingerprint density at radius 3 is 2.74 bits per heavy atom. The molecule has 0 aromatic carbocycles. The third-order valence-corrected chi connectivity index (χ3v) is 2.68. The molecule has 0 aliphatic heterocycles. The SMILES string of the molecule is CC(C)CNC(=O)C(C)Nc1cccnc1C(N)=S. The van der Waals surface area contributed by atoms with Crippen LogP contribution in [0.4, 0.5) is 5.69 Å². The quantitative estimate of drug-likeness (QED) is 0.684. The van der Waals surface area contributed by atoms with Crippen molar-refractivity contribution in [2.75, 3.05) is 11.9 Å². The molecular formula is C13H20N4OS. The van der Waals surface area contributed by atoms with Gasteiger partial charge in [-0.15, -0.1) is 0 Å². The largest absolute Gasteiger partial charge is 0.388 e. The smallest absolute Gasteiger partial charge is 0.242 e. The predicted octanol–water partition coefficient (Wildman–Crippen LogP) is 1.29. The number of nitrogens with one attached hydrogen (secondary N) is 2. The monoisotopic (exact) mass is 280 g/mol. The van der Waals surface area contributed by atoms with Crippen molar-refractivity contribution < 1.29 is 4.79 Å². The first-order valence-electron chi connectivity index (χ1n) is 6.21. The number of anilines is 1. The Balaban J connectivity index is 2.69. The second-order valence-corrected chi connectivity index (χ2v) is 5.21. The van der Waals surface area contributed by atoms with Crippen molar-refractivity contribution in [1.29, 1.82) is 0 Å². The first kappa shape index (κ1) is 15.4. The minimum Gasteiger partial charge on any atom is -0.388 e. The fourth-order valence-electron chi connectivity index (χ4n) is 1.47. The maximum absolute atomic E-state index is 11.9. The topological polar surface area (TPSA) is 80.0 Å². The number of hydrogen-bond acceptors (Lipinski definition) is 4. The van der Waals surface area contributed by atoms with Gasteiger partial charge in [0, 0.05) is 12.7 Å². The molecule has 1 aromatic heterocycles. The fourth-order valence-corrected chi connectivity index (χ4v) is 1.64. The highest BCUT2D eigenvalue weighted by Crippen LogP contribution is 2.13. The van der Waals surface area contributed by atoms with Gasteiger partial charge in [0.2, 0.25) is 5.91 Å². The fraction of sp³-hybridized carbons (Fsp3) is 0.462. The van der Waals surface area contributed by atoms with Crippen LogP contribution in [0.2, 0.25) is 0 Å². The van der Waals surface area contributed by atoms with Crippen LogP contribution in [0.25, 0.3) is 0 Å². The molecule has 19 heavy (non-hydrogen) atoms. The van der Waals surface area contributed by atoms with Crippen molar-refractivity contribution in [2.24, 2.45) is 11.7 Å². The number of aromatic nitrogens is 1. The molecule has 104 valence electrons. The summed E-state index contributed by atoms with van der Waals surface area (Å²) in [6.07, 6.45) is 1.61. The van der Waals surface area contributed by atoms with Crippen LogP contribution in [-0.2, 0) is 4.79 Å². The Bertz CT molecular complexity index is 462.